The lowest BCUT2D eigenvalue weighted by Gasteiger charge is -2.18. The molecule has 3 rings (SSSR count). The maximum atomic E-state index is 12.2. The van der Waals surface area contributed by atoms with Crippen molar-refractivity contribution in [1.29, 1.82) is 0 Å². The molecule has 5 heteroatoms. The van der Waals surface area contributed by atoms with Crippen molar-refractivity contribution in [1.82, 2.24) is 5.32 Å². The van der Waals surface area contributed by atoms with Crippen molar-refractivity contribution in [2.75, 3.05) is 25.4 Å². The summed E-state index contributed by atoms with van der Waals surface area (Å²) < 4.78 is 49.9. The third-order valence-electron chi connectivity index (χ3n) is 3.92. The first-order valence-electron chi connectivity index (χ1n) is 10.6. The van der Waals surface area contributed by atoms with E-state index in [1.54, 1.807) is 11.4 Å². The second-order valence-electron chi connectivity index (χ2n) is 5.61. The van der Waals surface area contributed by atoms with Crippen molar-refractivity contribution < 1.29 is 17.4 Å². The predicted molar refractivity (Wildman–Crippen MR) is 100.0 cm³/mol. The molecule has 2 aromatic carbocycles. The maximum Gasteiger partial charge on any atom is 0.336 e. The molecule has 0 aliphatic rings. The summed E-state index contributed by atoms with van der Waals surface area (Å²) in [5.74, 6) is -0.980. The highest BCUT2D eigenvalue weighted by Gasteiger charge is 2.12. The number of carbonyl (C=O) groups excluding carboxylic acids is 1. The van der Waals surface area contributed by atoms with E-state index in [4.69, 9.17) is 12.6 Å². The smallest absolute Gasteiger partial charge is 0.336 e. The second kappa shape index (κ2) is 6.81. The van der Waals surface area contributed by atoms with E-state index < -0.39 is 32.0 Å². The van der Waals surface area contributed by atoms with Gasteiger partial charge in [0, 0.05) is 50.9 Å². The summed E-state index contributed by atoms with van der Waals surface area (Å²) in [5, 5.41) is 2.36. The van der Waals surface area contributed by atoms with Gasteiger partial charge < -0.3 is 14.6 Å². The maximum absolute atomic E-state index is 12.2. The summed E-state index contributed by atoms with van der Waals surface area (Å²) in [6.45, 7) is -4.30. The minimum atomic E-state index is -2.74. The molecule has 5 nitrogen and oxygen atoms in total. The van der Waals surface area contributed by atoms with Gasteiger partial charge in [-0.2, -0.15) is 0 Å². The number of carbonyl (C=O) groups is 1. The Kier molecular flexibility index (Phi) is 2.92. The quantitative estimate of drug-likeness (QED) is 0.741. The number of anilines is 1. The fourth-order valence-electron chi connectivity index (χ4n) is 2.69. The minimum Gasteiger partial charge on any atom is -0.423 e. The van der Waals surface area contributed by atoms with Crippen LogP contribution in [0, 0.1) is 6.92 Å². The average molecular weight is 342 g/mol. The van der Waals surface area contributed by atoms with E-state index in [1.165, 1.54) is 18.2 Å². The Labute approximate surface area is 154 Å². The van der Waals surface area contributed by atoms with Crippen LogP contribution in [0.15, 0.2) is 57.7 Å². The van der Waals surface area contributed by atoms with Gasteiger partial charge in [-0.15, -0.1) is 0 Å². The van der Waals surface area contributed by atoms with Gasteiger partial charge in [0.05, 0.1) is 6.54 Å². The van der Waals surface area contributed by atoms with Crippen LogP contribution >= 0.6 is 0 Å². The van der Waals surface area contributed by atoms with Crippen LogP contribution < -0.4 is 15.8 Å². The number of nitrogens with one attached hydrogen (secondary N) is 1. The highest BCUT2D eigenvalue weighted by molar-refractivity contribution is 5.95. The first-order valence-corrected chi connectivity index (χ1v) is 7.58. The summed E-state index contributed by atoms with van der Waals surface area (Å²) in [4.78, 5) is 25.0. The highest BCUT2D eigenvalue weighted by atomic mass is 16.4. The summed E-state index contributed by atoms with van der Waals surface area (Å²) in [6, 6.07) is 13.3. The van der Waals surface area contributed by atoms with Gasteiger partial charge in [-0.25, -0.2) is 4.79 Å². The Hall–Kier alpha value is -3.08. The second-order valence-corrected chi connectivity index (χ2v) is 5.61. The molecule has 0 radical (unpaired) electrons. The summed E-state index contributed by atoms with van der Waals surface area (Å²) in [7, 11) is 0. The number of fused-ring (bicyclic) bond motifs is 1. The van der Waals surface area contributed by atoms with Gasteiger partial charge in [0.15, 0.2) is 0 Å². The number of aryl methyl sites for hydroxylation is 1. The fraction of sp³-hybridized carbons (Fsp3) is 0.200. The Morgan fingerprint density at radius 3 is 2.80 bits per heavy atom. The van der Waals surface area contributed by atoms with Crippen molar-refractivity contribution in [2.45, 2.75) is 6.92 Å². The zero-order valence-corrected chi connectivity index (χ0v) is 13.5. The predicted octanol–water partition coefficient (Wildman–Crippen LogP) is 2.95. The Morgan fingerprint density at radius 2 is 2.04 bits per heavy atom. The normalized spacial score (nSPS) is 15.2. The lowest BCUT2D eigenvalue weighted by molar-refractivity contribution is -0.119. The monoisotopic (exact) mass is 342 g/mol. The first kappa shape index (κ1) is 10.7. The summed E-state index contributed by atoms with van der Waals surface area (Å²) >= 11 is 0. The number of hydrogen-bond donors (Lipinski definition) is 1. The van der Waals surface area contributed by atoms with Gasteiger partial charge in [0.2, 0.25) is 5.91 Å². The van der Waals surface area contributed by atoms with Crippen LogP contribution in [-0.4, -0.2) is 26.4 Å². The average Bonchev–Trinajstić information content (AvgIpc) is 2.63. The van der Waals surface area contributed by atoms with E-state index in [-0.39, 0.29) is 11.3 Å². The molecule has 25 heavy (non-hydrogen) atoms. The molecule has 0 aliphatic heterocycles. The van der Waals surface area contributed by atoms with Crippen LogP contribution in [-0.2, 0) is 4.79 Å². The molecule has 1 amide bonds. The van der Waals surface area contributed by atoms with Crippen molar-refractivity contribution in [3.63, 3.8) is 0 Å². The molecular formula is C20H20N2O3. The molecule has 1 N–H and O–H groups in total. The number of benzene rings is 2. The molecule has 1 heterocycles. The number of rotatable bonds is 4. The first-order chi connectivity index (χ1) is 14.3. The Bertz CT molecular complexity index is 1180. The number of amides is 1. The zero-order chi connectivity index (χ0) is 23.0. The molecule has 3 aromatic rings. The van der Waals surface area contributed by atoms with Gasteiger partial charge in [0.1, 0.15) is 5.58 Å². The zero-order valence-electron chi connectivity index (χ0n) is 19.5. The molecule has 0 saturated carbocycles. The van der Waals surface area contributed by atoms with Crippen molar-refractivity contribution in [2.24, 2.45) is 0 Å². The van der Waals surface area contributed by atoms with Gasteiger partial charge >= 0.3 is 5.63 Å². The Balaban J connectivity index is 2.09. The number of hydrogen-bond acceptors (Lipinski definition) is 4. The molecule has 0 atom stereocenters. The molecule has 0 fully saturated rings. The third kappa shape index (κ3) is 3.40. The van der Waals surface area contributed by atoms with Crippen LogP contribution in [0.2, 0.25) is 0 Å². The SMILES string of the molecule is [2H]C([2H])([2H])NC(=O)CN(c1ccc2c(-c3ccccc3C)cc(=O)oc2c1)C([2H])([2H])[2H]. The van der Waals surface area contributed by atoms with E-state index >= 15 is 0 Å². The van der Waals surface area contributed by atoms with Crippen LogP contribution in [0.5, 0.6) is 0 Å². The van der Waals surface area contributed by atoms with Crippen molar-refractivity contribution >= 4 is 22.6 Å². The standard InChI is InChI=1S/C20H20N2O3/c1-13-6-4-5-7-15(13)17-11-20(24)25-18-10-14(8-9-16(17)18)22(3)12-19(23)21-2/h4-11H,12H2,1-3H3,(H,21,23)/i2D3,3D3. The van der Waals surface area contributed by atoms with E-state index in [0.29, 0.717) is 10.9 Å². The number of likely N-dealkylation sites (N-methyl/N-ethyl adjacent to an activating group) is 2. The van der Waals surface area contributed by atoms with Crippen molar-refractivity contribution in [3.05, 3.63) is 64.5 Å². The van der Waals surface area contributed by atoms with Gasteiger partial charge in [-0.3, -0.25) is 4.79 Å². The summed E-state index contributed by atoms with van der Waals surface area (Å²) in [6.07, 6.45) is 0. The van der Waals surface area contributed by atoms with Crippen LogP contribution in [0.4, 0.5) is 5.69 Å². The minimum absolute atomic E-state index is 0.0817. The molecule has 0 saturated heterocycles. The molecule has 0 bridgehead atoms. The van der Waals surface area contributed by atoms with E-state index in [2.05, 4.69) is 0 Å². The van der Waals surface area contributed by atoms with Gasteiger partial charge in [-0.05, 0) is 30.2 Å². The van der Waals surface area contributed by atoms with Crippen LogP contribution in [0.1, 0.15) is 13.8 Å². The molecule has 1 aromatic heterocycles. The lowest BCUT2D eigenvalue weighted by atomic mass is 9.98. The van der Waals surface area contributed by atoms with Crippen LogP contribution in [0.3, 0.4) is 0 Å². The third-order valence-corrected chi connectivity index (χ3v) is 3.92. The highest BCUT2D eigenvalue weighted by Crippen LogP contribution is 2.31. The topological polar surface area (TPSA) is 62.6 Å². The van der Waals surface area contributed by atoms with Gasteiger partial charge in [0.25, 0.3) is 0 Å². The number of nitrogens with zero attached hydrogens (tertiary/aromatic N) is 1. The van der Waals surface area contributed by atoms with E-state index in [0.717, 1.165) is 16.0 Å². The summed E-state index contributed by atoms with van der Waals surface area (Å²) in [5.41, 5.74) is 2.04. The molecule has 128 valence electrons. The van der Waals surface area contributed by atoms with E-state index in [1.807, 2.05) is 31.2 Å². The molecule has 0 unspecified atom stereocenters. The molecule has 0 spiro atoms. The largest absolute Gasteiger partial charge is 0.423 e. The van der Waals surface area contributed by atoms with Crippen molar-refractivity contribution in [3.8, 4) is 11.1 Å². The molecule has 0 aliphatic carbocycles. The lowest BCUT2D eigenvalue weighted by Crippen LogP contribution is -2.32. The van der Waals surface area contributed by atoms with Crippen LogP contribution in [0.25, 0.3) is 22.1 Å². The Morgan fingerprint density at radius 1 is 1.20 bits per heavy atom. The van der Waals surface area contributed by atoms with E-state index in [9.17, 15) is 9.59 Å². The fourth-order valence-corrected chi connectivity index (χ4v) is 2.69. The molecular weight excluding hydrogens is 316 g/mol. The van der Waals surface area contributed by atoms with Gasteiger partial charge in [-0.1, -0.05) is 24.3 Å².